The van der Waals surface area contributed by atoms with E-state index in [2.05, 4.69) is 10.3 Å². The summed E-state index contributed by atoms with van der Waals surface area (Å²) in [4.78, 5) is 29.1. The summed E-state index contributed by atoms with van der Waals surface area (Å²) in [5.41, 5.74) is 1.03. The molecule has 0 aliphatic rings. The maximum Gasteiger partial charge on any atom is 0.357 e. The van der Waals surface area contributed by atoms with Gasteiger partial charge in [0.15, 0.2) is 17.5 Å². The maximum absolute atomic E-state index is 13.3. The highest BCUT2D eigenvalue weighted by Gasteiger charge is 2.20. The predicted octanol–water partition coefficient (Wildman–Crippen LogP) is 3.55. The van der Waals surface area contributed by atoms with Crippen LogP contribution in [0.4, 0.5) is 10.1 Å². The number of nitrogens with one attached hydrogen (secondary N) is 1. The Hall–Kier alpha value is -3.53. The molecule has 1 aromatic heterocycles. The molecular formula is C21H20FN3O5S. The molecule has 0 radical (unpaired) electrons. The van der Waals surface area contributed by atoms with Crippen molar-refractivity contribution in [2.24, 2.45) is 0 Å². The predicted molar refractivity (Wildman–Crippen MR) is 114 cm³/mol. The van der Waals surface area contributed by atoms with E-state index in [9.17, 15) is 14.0 Å². The van der Waals surface area contributed by atoms with E-state index < -0.39 is 24.3 Å². The Bertz CT molecular complexity index is 1090. The monoisotopic (exact) mass is 445 g/mol. The Morgan fingerprint density at radius 1 is 1.13 bits per heavy atom. The second-order valence-electron chi connectivity index (χ2n) is 6.13. The van der Waals surface area contributed by atoms with Gasteiger partial charge in [0.2, 0.25) is 0 Å². The van der Waals surface area contributed by atoms with Gasteiger partial charge in [-0.15, -0.1) is 0 Å². The van der Waals surface area contributed by atoms with E-state index in [1.165, 1.54) is 61.0 Å². The van der Waals surface area contributed by atoms with Crippen LogP contribution in [0.25, 0.3) is 5.69 Å². The second-order valence-corrected chi connectivity index (χ2v) is 6.91. The van der Waals surface area contributed by atoms with Gasteiger partial charge in [-0.3, -0.25) is 9.36 Å². The minimum atomic E-state index is -0.745. The number of carbonyl (C=O) groups excluding carboxylic acids is 2. The van der Waals surface area contributed by atoms with Gasteiger partial charge in [-0.05, 0) is 42.7 Å². The number of esters is 1. The van der Waals surface area contributed by atoms with E-state index in [4.69, 9.17) is 14.2 Å². The highest BCUT2D eigenvalue weighted by atomic mass is 32.2. The third-order valence-electron chi connectivity index (χ3n) is 4.22. The van der Waals surface area contributed by atoms with Crippen molar-refractivity contribution >= 4 is 29.3 Å². The van der Waals surface area contributed by atoms with E-state index in [0.717, 1.165) is 0 Å². The van der Waals surface area contributed by atoms with Crippen LogP contribution in [-0.2, 0) is 9.53 Å². The molecule has 0 atom stereocenters. The number of ether oxygens (including phenoxy) is 3. The number of hydrogen-bond acceptors (Lipinski definition) is 7. The summed E-state index contributed by atoms with van der Waals surface area (Å²) < 4.78 is 30.3. The van der Waals surface area contributed by atoms with Crippen molar-refractivity contribution in [2.75, 3.05) is 32.4 Å². The number of halogens is 1. The number of thioether (sulfide) groups is 1. The second kappa shape index (κ2) is 9.98. The van der Waals surface area contributed by atoms with E-state index in [1.54, 1.807) is 24.5 Å². The van der Waals surface area contributed by atoms with Crippen LogP contribution in [-0.4, -0.2) is 48.5 Å². The van der Waals surface area contributed by atoms with Crippen LogP contribution in [0.3, 0.4) is 0 Å². The summed E-state index contributed by atoms with van der Waals surface area (Å²) in [6.07, 6.45) is 3.15. The first-order valence-corrected chi connectivity index (χ1v) is 10.3. The molecular weight excluding hydrogens is 425 g/mol. The fourth-order valence-electron chi connectivity index (χ4n) is 2.77. The third-order valence-corrected chi connectivity index (χ3v) is 4.87. The number of carbonyl (C=O) groups is 2. The number of benzene rings is 2. The Labute approximate surface area is 182 Å². The number of aromatic nitrogens is 2. The Kier molecular flexibility index (Phi) is 7.14. The van der Waals surface area contributed by atoms with Crippen molar-refractivity contribution < 1.29 is 28.2 Å². The first kappa shape index (κ1) is 22.2. The molecule has 0 fully saturated rings. The molecule has 0 spiro atoms. The Morgan fingerprint density at radius 3 is 2.52 bits per heavy atom. The molecule has 3 rings (SSSR count). The molecule has 10 heteroatoms. The Morgan fingerprint density at radius 2 is 1.87 bits per heavy atom. The Balaban J connectivity index is 1.72. The highest BCUT2D eigenvalue weighted by Crippen LogP contribution is 2.29. The molecule has 0 bridgehead atoms. The highest BCUT2D eigenvalue weighted by molar-refractivity contribution is 7.98. The molecule has 0 saturated heterocycles. The van der Waals surface area contributed by atoms with E-state index in [1.807, 2.05) is 0 Å². The van der Waals surface area contributed by atoms with Crippen LogP contribution in [0.1, 0.15) is 10.5 Å². The van der Waals surface area contributed by atoms with E-state index in [0.29, 0.717) is 28.0 Å². The molecule has 3 aromatic rings. The molecule has 0 aliphatic carbocycles. The fourth-order valence-corrected chi connectivity index (χ4v) is 3.31. The van der Waals surface area contributed by atoms with Gasteiger partial charge in [-0.1, -0.05) is 11.8 Å². The summed E-state index contributed by atoms with van der Waals surface area (Å²) >= 11 is 1.31. The van der Waals surface area contributed by atoms with Gasteiger partial charge < -0.3 is 19.5 Å². The topological polar surface area (TPSA) is 91.7 Å². The maximum atomic E-state index is 13.3. The number of hydrogen-bond donors (Lipinski definition) is 1. The van der Waals surface area contributed by atoms with Crippen molar-refractivity contribution in [3.05, 3.63) is 60.2 Å². The van der Waals surface area contributed by atoms with E-state index in [-0.39, 0.29) is 5.69 Å². The largest absolute Gasteiger partial charge is 0.497 e. The number of anilines is 1. The van der Waals surface area contributed by atoms with Crippen LogP contribution >= 0.6 is 11.8 Å². The lowest BCUT2D eigenvalue weighted by atomic mass is 10.2. The van der Waals surface area contributed by atoms with Crippen molar-refractivity contribution in [3.8, 4) is 17.2 Å². The van der Waals surface area contributed by atoms with Gasteiger partial charge in [0, 0.05) is 11.8 Å². The summed E-state index contributed by atoms with van der Waals surface area (Å²) in [5, 5.41) is 3.14. The number of rotatable bonds is 8. The van der Waals surface area contributed by atoms with Gasteiger partial charge in [-0.2, -0.15) is 0 Å². The van der Waals surface area contributed by atoms with Crippen molar-refractivity contribution in [3.63, 3.8) is 0 Å². The van der Waals surface area contributed by atoms with E-state index >= 15 is 0 Å². The summed E-state index contributed by atoms with van der Waals surface area (Å²) in [5.74, 6) is -0.744. The van der Waals surface area contributed by atoms with Crippen LogP contribution in [0.2, 0.25) is 0 Å². The molecule has 162 valence electrons. The van der Waals surface area contributed by atoms with Crippen LogP contribution in [0.5, 0.6) is 11.5 Å². The van der Waals surface area contributed by atoms with Gasteiger partial charge >= 0.3 is 5.97 Å². The number of nitrogens with zero attached hydrogens (tertiary/aromatic N) is 2. The quantitative estimate of drug-likeness (QED) is 0.419. The first-order valence-electron chi connectivity index (χ1n) is 9.03. The standard InChI is InChI=1S/C21H20FN3O5S/c1-28-15-8-9-18(29-2)16(10-15)24-19(26)12-30-20(27)17-11-23-21(31-3)25(17)14-6-4-13(22)5-7-14/h4-11H,12H2,1-3H3,(H,24,26). The minimum absolute atomic E-state index is 0.114. The molecule has 0 aliphatic heterocycles. The van der Waals surface area contributed by atoms with Crippen LogP contribution < -0.4 is 14.8 Å². The van der Waals surface area contributed by atoms with Gasteiger partial charge in [0.1, 0.15) is 17.3 Å². The average Bonchev–Trinajstić information content (AvgIpc) is 3.22. The fraction of sp³-hybridized carbons (Fsp3) is 0.190. The molecule has 1 N–H and O–H groups in total. The molecule has 8 nitrogen and oxygen atoms in total. The van der Waals surface area contributed by atoms with Crippen molar-refractivity contribution in [2.45, 2.75) is 5.16 Å². The molecule has 31 heavy (non-hydrogen) atoms. The average molecular weight is 445 g/mol. The van der Waals surface area contributed by atoms with Gasteiger partial charge in [0.05, 0.1) is 26.1 Å². The summed E-state index contributed by atoms with van der Waals surface area (Å²) in [6.45, 7) is -0.525. The number of methoxy groups -OCH3 is 2. The van der Waals surface area contributed by atoms with Gasteiger partial charge in [0.25, 0.3) is 5.91 Å². The summed E-state index contributed by atoms with van der Waals surface area (Å²) in [7, 11) is 2.97. The SMILES string of the molecule is COc1ccc(OC)c(NC(=O)COC(=O)c2cnc(SC)n2-c2ccc(F)cc2)c1. The molecule has 0 unspecified atom stereocenters. The summed E-state index contributed by atoms with van der Waals surface area (Å²) in [6, 6.07) is 10.5. The van der Waals surface area contributed by atoms with Gasteiger partial charge in [-0.25, -0.2) is 14.2 Å². The molecule has 2 aromatic carbocycles. The lowest BCUT2D eigenvalue weighted by Gasteiger charge is -2.13. The number of imidazole rings is 1. The zero-order chi connectivity index (χ0) is 22.4. The zero-order valence-electron chi connectivity index (χ0n) is 17.0. The van der Waals surface area contributed by atoms with Crippen LogP contribution in [0, 0.1) is 5.82 Å². The molecule has 1 amide bonds. The third kappa shape index (κ3) is 5.15. The lowest BCUT2D eigenvalue weighted by molar-refractivity contribution is -0.119. The first-order chi connectivity index (χ1) is 15.0. The molecule has 0 saturated carbocycles. The van der Waals surface area contributed by atoms with Crippen LogP contribution in [0.15, 0.2) is 53.8 Å². The zero-order valence-corrected chi connectivity index (χ0v) is 17.9. The lowest BCUT2D eigenvalue weighted by Crippen LogP contribution is -2.22. The van der Waals surface area contributed by atoms with Crippen molar-refractivity contribution in [1.29, 1.82) is 0 Å². The minimum Gasteiger partial charge on any atom is -0.497 e. The normalized spacial score (nSPS) is 10.5. The number of amides is 1. The smallest absolute Gasteiger partial charge is 0.357 e. The van der Waals surface area contributed by atoms with Crippen molar-refractivity contribution in [1.82, 2.24) is 9.55 Å². The molecule has 1 heterocycles.